The smallest absolute Gasteiger partial charge is 0.264 e. The van der Waals surface area contributed by atoms with Gasteiger partial charge >= 0.3 is 0 Å². The van der Waals surface area contributed by atoms with Crippen molar-refractivity contribution in [2.24, 2.45) is 5.73 Å². The Morgan fingerprint density at radius 2 is 1.71 bits per heavy atom. The van der Waals surface area contributed by atoms with Gasteiger partial charge in [0.2, 0.25) is 0 Å². The summed E-state index contributed by atoms with van der Waals surface area (Å²) in [4.78, 5) is -0.485. The molecular formula is C13H11Cl2FN2O2S. The van der Waals surface area contributed by atoms with E-state index in [-0.39, 0.29) is 22.3 Å². The van der Waals surface area contributed by atoms with Crippen LogP contribution in [0.15, 0.2) is 41.3 Å². The number of anilines is 1. The normalized spacial score (nSPS) is 11.4. The third-order valence-electron chi connectivity index (χ3n) is 2.64. The first-order chi connectivity index (χ1) is 9.81. The first-order valence-corrected chi connectivity index (χ1v) is 8.03. The van der Waals surface area contributed by atoms with Crippen molar-refractivity contribution in [1.29, 1.82) is 0 Å². The van der Waals surface area contributed by atoms with Gasteiger partial charge in [0.15, 0.2) is 0 Å². The first kappa shape index (κ1) is 16.0. The molecule has 2 aromatic carbocycles. The number of halogens is 3. The summed E-state index contributed by atoms with van der Waals surface area (Å²) in [5.41, 5.74) is 6.08. The molecule has 0 bridgehead atoms. The number of benzene rings is 2. The van der Waals surface area contributed by atoms with Gasteiger partial charge in [0, 0.05) is 16.6 Å². The van der Waals surface area contributed by atoms with Crippen molar-refractivity contribution in [3.8, 4) is 0 Å². The van der Waals surface area contributed by atoms with Crippen LogP contribution in [0.1, 0.15) is 5.56 Å². The maximum atomic E-state index is 13.8. The molecule has 0 aliphatic carbocycles. The van der Waals surface area contributed by atoms with E-state index in [1.807, 2.05) is 0 Å². The molecule has 2 aromatic rings. The molecule has 2 rings (SSSR count). The second-order valence-corrected chi connectivity index (χ2v) is 6.76. The standard InChI is InChI=1S/C13H11Cl2FN2O2S/c14-9-4-10(15)6-11(5-9)18-21(19,20)13-3-8(7-17)1-2-12(13)16/h1-6,18H,7,17H2. The van der Waals surface area contributed by atoms with Gasteiger partial charge in [-0.1, -0.05) is 29.3 Å². The van der Waals surface area contributed by atoms with Gasteiger partial charge in [0.05, 0.1) is 5.69 Å². The Morgan fingerprint density at radius 1 is 1.10 bits per heavy atom. The molecule has 0 saturated carbocycles. The lowest BCUT2D eigenvalue weighted by atomic mass is 10.2. The van der Waals surface area contributed by atoms with Gasteiger partial charge < -0.3 is 5.73 Å². The molecule has 112 valence electrons. The van der Waals surface area contributed by atoms with Crippen molar-refractivity contribution in [3.05, 3.63) is 57.8 Å². The highest BCUT2D eigenvalue weighted by Gasteiger charge is 2.20. The van der Waals surface area contributed by atoms with E-state index in [1.54, 1.807) is 0 Å². The lowest BCUT2D eigenvalue weighted by molar-refractivity contribution is 0.569. The Morgan fingerprint density at radius 3 is 2.29 bits per heavy atom. The molecule has 0 radical (unpaired) electrons. The molecule has 0 spiro atoms. The van der Waals surface area contributed by atoms with E-state index < -0.39 is 20.7 Å². The molecular weight excluding hydrogens is 338 g/mol. The van der Waals surface area contributed by atoms with Gasteiger partial charge in [0.25, 0.3) is 10.0 Å². The summed E-state index contributed by atoms with van der Waals surface area (Å²) in [5, 5.41) is 0.521. The van der Waals surface area contributed by atoms with Crippen LogP contribution in [0.5, 0.6) is 0 Å². The summed E-state index contributed by atoms with van der Waals surface area (Å²) < 4.78 is 40.5. The Hall–Kier alpha value is -1.34. The summed E-state index contributed by atoms with van der Waals surface area (Å²) in [6.45, 7) is 0.103. The predicted octanol–water partition coefficient (Wildman–Crippen LogP) is 3.39. The highest BCUT2D eigenvalue weighted by molar-refractivity contribution is 7.92. The maximum Gasteiger partial charge on any atom is 0.264 e. The second-order valence-electron chi connectivity index (χ2n) is 4.23. The minimum atomic E-state index is -4.11. The molecule has 0 fully saturated rings. The number of nitrogens with one attached hydrogen (secondary N) is 1. The number of sulfonamides is 1. The summed E-state index contributed by atoms with van der Waals surface area (Å²) in [6.07, 6.45) is 0. The van der Waals surface area contributed by atoms with Crippen LogP contribution < -0.4 is 10.5 Å². The van der Waals surface area contributed by atoms with Crippen molar-refractivity contribution < 1.29 is 12.8 Å². The van der Waals surface area contributed by atoms with Gasteiger partial charge in [-0.3, -0.25) is 4.72 Å². The van der Waals surface area contributed by atoms with E-state index in [4.69, 9.17) is 28.9 Å². The maximum absolute atomic E-state index is 13.8. The van der Waals surface area contributed by atoms with E-state index in [0.717, 1.165) is 6.07 Å². The Labute approximate surface area is 131 Å². The fraction of sp³-hybridized carbons (Fsp3) is 0.0769. The highest BCUT2D eigenvalue weighted by Crippen LogP contribution is 2.25. The van der Waals surface area contributed by atoms with Crippen LogP contribution in [0.2, 0.25) is 10.0 Å². The largest absolute Gasteiger partial charge is 0.326 e. The van der Waals surface area contributed by atoms with Gasteiger partial charge in [0.1, 0.15) is 10.7 Å². The van der Waals surface area contributed by atoms with Crippen LogP contribution >= 0.6 is 23.2 Å². The SMILES string of the molecule is NCc1ccc(F)c(S(=O)(=O)Nc2cc(Cl)cc(Cl)c2)c1. The Kier molecular flexibility index (Phi) is 4.73. The second kappa shape index (κ2) is 6.19. The molecule has 0 amide bonds. The molecule has 0 unspecified atom stereocenters. The molecule has 0 saturated heterocycles. The zero-order valence-corrected chi connectivity index (χ0v) is 12.9. The van der Waals surface area contributed by atoms with Gasteiger partial charge in [-0.05, 0) is 35.9 Å². The van der Waals surface area contributed by atoms with Gasteiger partial charge in [-0.25, -0.2) is 12.8 Å². The minimum Gasteiger partial charge on any atom is -0.326 e. The van der Waals surface area contributed by atoms with Crippen LogP contribution in [0, 0.1) is 5.82 Å². The van der Waals surface area contributed by atoms with E-state index >= 15 is 0 Å². The third kappa shape index (κ3) is 3.85. The Balaban J connectivity index is 2.42. The fourth-order valence-corrected chi connectivity index (χ4v) is 3.40. The summed E-state index contributed by atoms with van der Waals surface area (Å²) in [6, 6.07) is 7.86. The molecule has 0 heterocycles. The zero-order valence-electron chi connectivity index (χ0n) is 10.6. The molecule has 0 aliphatic rings. The van der Waals surface area contributed by atoms with E-state index in [0.29, 0.717) is 5.56 Å². The number of nitrogens with two attached hydrogens (primary N) is 1. The lowest BCUT2D eigenvalue weighted by Crippen LogP contribution is -2.15. The van der Waals surface area contributed by atoms with Crippen LogP contribution in [0.25, 0.3) is 0 Å². The van der Waals surface area contributed by atoms with Gasteiger partial charge in [-0.15, -0.1) is 0 Å². The van der Waals surface area contributed by atoms with Crippen LogP contribution in [-0.4, -0.2) is 8.42 Å². The number of rotatable bonds is 4. The first-order valence-electron chi connectivity index (χ1n) is 5.79. The molecule has 0 aromatic heterocycles. The zero-order chi connectivity index (χ0) is 15.6. The minimum absolute atomic E-state index is 0.103. The van der Waals surface area contributed by atoms with Crippen LogP contribution in [-0.2, 0) is 16.6 Å². The van der Waals surface area contributed by atoms with Crippen LogP contribution in [0.3, 0.4) is 0 Å². The average Bonchev–Trinajstić information content (AvgIpc) is 2.37. The fourth-order valence-electron chi connectivity index (χ4n) is 1.70. The topological polar surface area (TPSA) is 72.2 Å². The quantitative estimate of drug-likeness (QED) is 0.889. The highest BCUT2D eigenvalue weighted by atomic mass is 35.5. The Bertz CT molecular complexity index is 761. The molecule has 4 nitrogen and oxygen atoms in total. The van der Waals surface area contributed by atoms with Crippen molar-refractivity contribution in [2.75, 3.05) is 4.72 Å². The summed E-state index contributed by atoms with van der Waals surface area (Å²) in [5.74, 6) is -0.868. The molecule has 0 atom stereocenters. The van der Waals surface area contributed by atoms with Crippen LogP contribution in [0.4, 0.5) is 10.1 Å². The van der Waals surface area contributed by atoms with E-state index in [1.165, 1.54) is 30.3 Å². The van der Waals surface area contributed by atoms with Crippen molar-refractivity contribution >= 4 is 38.9 Å². The van der Waals surface area contributed by atoms with Gasteiger partial charge in [-0.2, -0.15) is 0 Å². The molecule has 8 heteroatoms. The summed E-state index contributed by atoms with van der Waals surface area (Å²) >= 11 is 11.6. The predicted molar refractivity (Wildman–Crippen MR) is 81.6 cm³/mol. The lowest BCUT2D eigenvalue weighted by Gasteiger charge is -2.10. The number of hydrogen-bond acceptors (Lipinski definition) is 3. The molecule has 21 heavy (non-hydrogen) atoms. The molecule has 3 N–H and O–H groups in total. The molecule has 0 aliphatic heterocycles. The van der Waals surface area contributed by atoms with Crippen molar-refractivity contribution in [3.63, 3.8) is 0 Å². The van der Waals surface area contributed by atoms with Crippen molar-refractivity contribution in [1.82, 2.24) is 0 Å². The van der Waals surface area contributed by atoms with Crippen molar-refractivity contribution in [2.45, 2.75) is 11.4 Å². The number of hydrogen-bond donors (Lipinski definition) is 2. The van der Waals surface area contributed by atoms with E-state index in [2.05, 4.69) is 4.72 Å². The van der Waals surface area contributed by atoms with E-state index in [9.17, 15) is 12.8 Å². The monoisotopic (exact) mass is 348 g/mol. The summed E-state index contributed by atoms with van der Waals surface area (Å²) in [7, 11) is -4.11. The average molecular weight is 349 g/mol. The third-order valence-corrected chi connectivity index (χ3v) is 4.47.